The van der Waals surface area contributed by atoms with Crippen molar-refractivity contribution in [3.63, 3.8) is 0 Å². The van der Waals surface area contributed by atoms with E-state index in [9.17, 15) is 4.79 Å². The van der Waals surface area contributed by atoms with E-state index in [0.29, 0.717) is 11.1 Å². The minimum Gasteiger partial charge on any atom is -0.423 e. The molecule has 162 valence electrons. The summed E-state index contributed by atoms with van der Waals surface area (Å²) in [5.74, 6) is 0. The summed E-state index contributed by atoms with van der Waals surface area (Å²) in [4.78, 5) is 20.1. The summed E-state index contributed by atoms with van der Waals surface area (Å²) in [5.41, 5.74) is 4.40. The average molecular weight is 427 g/mol. The van der Waals surface area contributed by atoms with Crippen molar-refractivity contribution in [1.82, 2.24) is 9.88 Å². The van der Waals surface area contributed by atoms with Gasteiger partial charge in [0.2, 0.25) is 0 Å². The van der Waals surface area contributed by atoms with Crippen molar-refractivity contribution >= 4 is 27.6 Å². The number of benzene rings is 2. The number of nitrogens with zero attached hydrogens (tertiary/aromatic N) is 3. The lowest BCUT2D eigenvalue weighted by atomic mass is 10.1. The molecular formula is C26H26N4O2. The lowest BCUT2D eigenvalue weighted by Crippen LogP contribution is -2.46. The fourth-order valence-corrected chi connectivity index (χ4v) is 4.68. The van der Waals surface area contributed by atoms with E-state index in [1.807, 2.05) is 42.5 Å². The minimum absolute atomic E-state index is 0.290. The second-order valence-electron chi connectivity index (χ2n) is 8.42. The van der Waals surface area contributed by atoms with Crippen molar-refractivity contribution < 1.29 is 4.42 Å². The number of H-pyrrole nitrogens is 1. The van der Waals surface area contributed by atoms with Gasteiger partial charge in [-0.3, -0.25) is 4.90 Å². The molecule has 0 amide bonds. The molecular weight excluding hydrogens is 400 g/mol. The van der Waals surface area contributed by atoms with Crippen LogP contribution in [0.5, 0.6) is 0 Å². The van der Waals surface area contributed by atoms with Crippen molar-refractivity contribution in [3.8, 4) is 6.07 Å². The van der Waals surface area contributed by atoms with Gasteiger partial charge in [0.1, 0.15) is 5.58 Å². The van der Waals surface area contributed by atoms with E-state index in [-0.39, 0.29) is 5.63 Å². The summed E-state index contributed by atoms with van der Waals surface area (Å²) >= 11 is 0. The number of aryl methyl sites for hydroxylation is 1. The van der Waals surface area contributed by atoms with Crippen LogP contribution in [0, 0.1) is 11.3 Å². The lowest BCUT2D eigenvalue weighted by Gasteiger charge is -2.36. The molecule has 1 N–H and O–H groups in total. The standard InChI is InChI=1S/C26H26N4O2/c27-17-19-8-9-21-20(18-28-23(21)15-19)5-3-4-10-29-11-13-30(14-12-29)24-16-26(31)32-25-7-2-1-6-22(24)25/h1-2,6-9,15-16,18,28H,3-5,10-14H2. The van der Waals surface area contributed by atoms with Crippen LogP contribution in [0.15, 0.2) is 63.9 Å². The Morgan fingerprint density at radius 2 is 1.84 bits per heavy atom. The highest BCUT2D eigenvalue weighted by Crippen LogP contribution is 2.26. The van der Waals surface area contributed by atoms with Crippen LogP contribution in [0.25, 0.3) is 21.9 Å². The number of aromatic amines is 1. The molecule has 0 atom stereocenters. The Hall–Kier alpha value is -3.56. The monoisotopic (exact) mass is 426 g/mol. The van der Waals surface area contributed by atoms with E-state index in [4.69, 9.17) is 9.68 Å². The normalized spacial score (nSPS) is 14.8. The van der Waals surface area contributed by atoms with Crippen LogP contribution in [0.2, 0.25) is 0 Å². The molecule has 0 spiro atoms. The number of nitrogens with one attached hydrogen (secondary N) is 1. The maximum atomic E-state index is 12.0. The third-order valence-electron chi connectivity index (χ3n) is 6.41. The number of anilines is 1. The van der Waals surface area contributed by atoms with Crippen molar-refractivity contribution in [1.29, 1.82) is 5.26 Å². The summed E-state index contributed by atoms with van der Waals surface area (Å²) in [5, 5.41) is 11.3. The fourth-order valence-electron chi connectivity index (χ4n) is 4.68. The highest BCUT2D eigenvalue weighted by atomic mass is 16.4. The van der Waals surface area contributed by atoms with Crippen molar-refractivity contribution in [3.05, 3.63) is 76.3 Å². The van der Waals surface area contributed by atoms with Crippen LogP contribution >= 0.6 is 0 Å². The quantitative estimate of drug-likeness (QED) is 0.368. The van der Waals surface area contributed by atoms with Gasteiger partial charge in [-0.2, -0.15) is 5.26 Å². The number of aromatic nitrogens is 1. The van der Waals surface area contributed by atoms with Gasteiger partial charge >= 0.3 is 5.63 Å². The Morgan fingerprint density at radius 3 is 2.69 bits per heavy atom. The fraction of sp³-hybridized carbons (Fsp3) is 0.308. The van der Waals surface area contributed by atoms with Gasteiger partial charge in [-0.15, -0.1) is 0 Å². The summed E-state index contributed by atoms with van der Waals surface area (Å²) in [7, 11) is 0. The van der Waals surface area contributed by atoms with Crippen LogP contribution in [0.4, 0.5) is 5.69 Å². The molecule has 6 heteroatoms. The van der Waals surface area contributed by atoms with E-state index in [2.05, 4.69) is 27.0 Å². The molecule has 32 heavy (non-hydrogen) atoms. The van der Waals surface area contributed by atoms with Gasteiger partial charge in [0.15, 0.2) is 0 Å². The smallest absolute Gasteiger partial charge is 0.338 e. The van der Waals surface area contributed by atoms with Crippen LogP contribution < -0.4 is 10.5 Å². The summed E-state index contributed by atoms with van der Waals surface area (Å²) < 4.78 is 5.34. The molecule has 0 bridgehead atoms. The van der Waals surface area contributed by atoms with Crippen molar-refractivity contribution in [2.75, 3.05) is 37.6 Å². The summed E-state index contributed by atoms with van der Waals surface area (Å²) in [6.07, 6.45) is 5.40. The van der Waals surface area contributed by atoms with Gasteiger partial charge in [0.05, 0.1) is 17.3 Å². The third kappa shape index (κ3) is 4.12. The van der Waals surface area contributed by atoms with E-state index >= 15 is 0 Å². The van der Waals surface area contributed by atoms with Crippen LogP contribution in [-0.4, -0.2) is 42.6 Å². The SMILES string of the molecule is N#Cc1ccc2c(CCCCN3CCN(c4cc(=O)oc5ccccc45)CC3)c[nH]c2c1. The largest absolute Gasteiger partial charge is 0.423 e. The summed E-state index contributed by atoms with van der Waals surface area (Å²) in [6, 6.07) is 17.4. The number of rotatable bonds is 6. The predicted molar refractivity (Wildman–Crippen MR) is 127 cm³/mol. The van der Waals surface area contributed by atoms with Crippen LogP contribution in [-0.2, 0) is 6.42 Å². The molecule has 5 rings (SSSR count). The number of fused-ring (bicyclic) bond motifs is 2. The first-order valence-corrected chi connectivity index (χ1v) is 11.2. The number of hydrogen-bond donors (Lipinski definition) is 1. The zero-order valence-corrected chi connectivity index (χ0v) is 18.0. The molecule has 0 saturated carbocycles. The third-order valence-corrected chi connectivity index (χ3v) is 6.41. The number of para-hydroxylation sites is 1. The Bertz CT molecular complexity index is 1340. The molecule has 1 saturated heterocycles. The maximum absolute atomic E-state index is 12.0. The number of unbranched alkanes of at least 4 members (excludes halogenated alkanes) is 1. The highest BCUT2D eigenvalue weighted by molar-refractivity contribution is 5.90. The van der Waals surface area contributed by atoms with E-state index in [1.54, 1.807) is 6.07 Å². The molecule has 1 fully saturated rings. The summed E-state index contributed by atoms with van der Waals surface area (Å²) in [6.45, 7) is 4.91. The Balaban J connectivity index is 1.13. The van der Waals surface area contributed by atoms with E-state index in [1.165, 1.54) is 10.9 Å². The minimum atomic E-state index is -0.290. The zero-order valence-electron chi connectivity index (χ0n) is 18.0. The number of nitriles is 1. The molecule has 1 aliphatic heterocycles. The van der Waals surface area contributed by atoms with Crippen molar-refractivity contribution in [2.24, 2.45) is 0 Å². The first-order valence-electron chi connectivity index (χ1n) is 11.2. The van der Waals surface area contributed by atoms with E-state index in [0.717, 1.165) is 68.6 Å². The molecule has 6 nitrogen and oxygen atoms in total. The predicted octanol–water partition coefficient (Wildman–Crippen LogP) is 4.29. The van der Waals surface area contributed by atoms with E-state index < -0.39 is 0 Å². The van der Waals surface area contributed by atoms with Gasteiger partial charge in [-0.05, 0) is 55.6 Å². The van der Waals surface area contributed by atoms with Gasteiger partial charge in [0, 0.05) is 54.7 Å². The van der Waals surface area contributed by atoms with Crippen LogP contribution in [0.1, 0.15) is 24.0 Å². The van der Waals surface area contributed by atoms with Gasteiger partial charge in [-0.25, -0.2) is 4.79 Å². The van der Waals surface area contributed by atoms with Gasteiger partial charge < -0.3 is 14.3 Å². The second-order valence-corrected chi connectivity index (χ2v) is 8.42. The van der Waals surface area contributed by atoms with Crippen LogP contribution in [0.3, 0.4) is 0 Å². The van der Waals surface area contributed by atoms with Gasteiger partial charge in [0.25, 0.3) is 0 Å². The number of piperazine rings is 1. The number of hydrogen-bond acceptors (Lipinski definition) is 5. The van der Waals surface area contributed by atoms with Crippen molar-refractivity contribution in [2.45, 2.75) is 19.3 Å². The Kier molecular flexibility index (Phi) is 5.66. The first kappa shape index (κ1) is 20.3. The maximum Gasteiger partial charge on any atom is 0.338 e. The molecule has 3 heterocycles. The lowest BCUT2D eigenvalue weighted by molar-refractivity contribution is 0.253. The zero-order chi connectivity index (χ0) is 21.9. The molecule has 2 aromatic heterocycles. The second kappa shape index (κ2) is 8.89. The molecule has 4 aromatic rings. The topological polar surface area (TPSA) is 76.3 Å². The van der Waals surface area contributed by atoms with Gasteiger partial charge in [-0.1, -0.05) is 18.2 Å². The average Bonchev–Trinajstić information content (AvgIpc) is 3.23. The molecule has 0 unspecified atom stereocenters. The first-order chi connectivity index (χ1) is 15.7. The molecule has 1 aliphatic rings. The molecule has 2 aromatic carbocycles. The molecule has 0 aliphatic carbocycles. The molecule has 0 radical (unpaired) electrons. The Morgan fingerprint density at radius 1 is 1.00 bits per heavy atom. The Labute approximate surface area is 186 Å². The highest BCUT2D eigenvalue weighted by Gasteiger charge is 2.19.